The van der Waals surface area contributed by atoms with E-state index in [2.05, 4.69) is 25.3 Å². The van der Waals surface area contributed by atoms with Gasteiger partial charge in [0.05, 0.1) is 6.61 Å². The molecule has 0 bridgehead atoms. The molecule has 0 aliphatic heterocycles. The van der Waals surface area contributed by atoms with Crippen LogP contribution in [0.2, 0.25) is 0 Å². The van der Waals surface area contributed by atoms with Crippen LogP contribution < -0.4 is 0 Å². The Kier molecular flexibility index (Phi) is 7.01. The fourth-order valence-electron chi connectivity index (χ4n) is 0.690. The van der Waals surface area contributed by atoms with Crippen LogP contribution in [0.25, 0.3) is 0 Å². The van der Waals surface area contributed by atoms with Crippen LogP contribution >= 0.6 is 13.6 Å². The number of esters is 1. The molecule has 0 aromatic carbocycles. The molecule has 0 saturated heterocycles. The SMILES string of the molecule is [CH2-]c1ccc(C(=O)OCC)o1.[Zn+][Br]. The first-order valence-electron chi connectivity index (χ1n) is 3.59. The molecule has 0 N–H and O–H groups in total. The van der Waals surface area contributed by atoms with E-state index < -0.39 is 5.97 Å². The molecular weight excluding hydrogens is 289 g/mol. The van der Waals surface area contributed by atoms with E-state index in [4.69, 9.17) is 4.42 Å². The van der Waals surface area contributed by atoms with Gasteiger partial charge < -0.3 is 9.15 Å². The van der Waals surface area contributed by atoms with E-state index >= 15 is 0 Å². The number of carbonyl (C=O) groups excluding carboxylic acids is 1. The molecule has 1 heterocycles. The van der Waals surface area contributed by atoms with Crippen LogP contribution in [0.4, 0.5) is 0 Å². The van der Waals surface area contributed by atoms with Crippen LogP contribution in [0.5, 0.6) is 0 Å². The molecule has 1 aromatic heterocycles. The summed E-state index contributed by atoms with van der Waals surface area (Å²) in [5, 5.41) is 0. The molecule has 1 rings (SSSR count). The van der Waals surface area contributed by atoms with Gasteiger partial charge in [-0.25, -0.2) is 11.7 Å². The van der Waals surface area contributed by atoms with E-state index in [-0.39, 0.29) is 5.76 Å². The Morgan fingerprint density at radius 3 is 2.69 bits per heavy atom. The van der Waals surface area contributed by atoms with Gasteiger partial charge in [-0.05, 0) is 12.7 Å². The topological polar surface area (TPSA) is 39.4 Å². The zero-order chi connectivity index (χ0) is 10.3. The fraction of sp³-hybridized carbons (Fsp3) is 0.250. The summed E-state index contributed by atoms with van der Waals surface area (Å²) in [7, 11) is 0. The average Bonchev–Trinajstić information content (AvgIpc) is 2.56. The van der Waals surface area contributed by atoms with Crippen molar-refractivity contribution in [1.29, 1.82) is 0 Å². The van der Waals surface area contributed by atoms with Crippen LogP contribution in [-0.4, -0.2) is 12.6 Å². The monoisotopic (exact) mass is 296 g/mol. The van der Waals surface area contributed by atoms with Gasteiger partial charge in [0.1, 0.15) is 0 Å². The van der Waals surface area contributed by atoms with Gasteiger partial charge >= 0.3 is 35.9 Å². The van der Waals surface area contributed by atoms with Crippen LogP contribution in [-0.2, 0) is 21.1 Å². The van der Waals surface area contributed by atoms with Crippen LogP contribution in [0.3, 0.4) is 0 Å². The quantitative estimate of drug-likeness (QED) is 0.478. The standard InChI is InChI=1S/C8H9O3.BrH.Zn/c1-3-10-8(9)7-5-4-6(2)11-7;;/h4-5H,2-3H2,1H3;1H;/q-1;;+2/p-1. The fourth-order valence-corrected chi connectivity index (χ4v) is 0.690. The van der Waals surface area contributed by atoms with Gasteiger partial charge in [0, 0.05) is 0 Å². The second kappa shape index (κ2) is 7.16. The van der Waals surface area contributed by atoms with Crippen molar-refractivity contribution < 1.29 is 30.3 Å². The van der Waals surface area contributed by atoms with Gasteiger partial charge in [-0.1, -0.05) is 6.07 Å². The molecule has 1 aromatic rings. The van der Waals surface area contributed by atoms with Crippen LogP contribution in [0.1, 0.15) is 23.2 Å². The Hall–Kier alpha value is -0.277. The summed E-state index contributed by atoms with van der Waals surface area (Å²) >= 11 is 4.25. The molecule has 0 unspecified atom stereocenters. The van der Waals surface area contributed by atoms with Crippen molar-refractivity contribution in [2.75, 3.05) is 6.61 Å². The maximum atomic E-state index is 10.9. The van der Waals surface area contributed by atoms with E-state index in [1.807, 2.05) is 0 Å². The van der Waals surface area contributed by atoms with E-state index in [0.29, 0.717) is 12.4 Å². The molecule has 0 amide bonds. The van der Waals surface area contributed by atoms with Gasteiger partial charge in [0.2, 0.25) is 0 Å². The second-order valence-electron chi connectivity index (χ2n) is 1.99. The third kappa shape index (κ3) is 4.48. The molecule has 5 heteroatoms. The number of ether oxygens (including phenoxy) is 1. The third-order valence-electron chi connectivity index (χ3n) is 1.14. The molecule has 3 nitrogen and oxygen atoms in total. The van der Waals surface area contributed by atoms with E-state index in [1.165, 1.54) is 16.3 Å². The van der Waals surface area contributed by atoms with Crippen LogP contribution in [0.15, 0.2) is 16.5 Å². The van der Waals surface area contributed by atoms with Crippen molar-refractivity contribution in [1.82, 2.24) is 0 Å². The Bertz CT molecular complexity index is 260. The first-order valence-corrected chi connectivity index (χ1v) is 10.5. The molecule has 0 aliphatic carbocycles. The molecule has 68 valence electrons. The van der Waals surface area contributed by atoms with Gasteiger partial charge in [-0.15, -0.1) is 0 Å². The van der Waals surface area contributed by atoms with Crippen molar-refractivity contribution in [3.05, 3.63) is 30.6 Å². The predicted molar refractivity (Wildman–Crippen MR) is 48.1 cm³/mol. The molecule has 0 fully saturated rings. The summed E-state index contributed by atoms with van der Waals surface area (Å²) in [5.74, 6) is 0.229. The van der Waals surface area contributed by atoms with E-state index in [9.17, 15) is 4.79 Å². The number of furan rings is 1. The Labute approximate surface area is 93.9 Å². The molecule has 0 atom stereocenters. The summed E-state index contributed by atoms with van der Waals surface area (Å²) in [4.78, 5) is 10.9. The second-order valence-corrected chi connectivity index (χ2v) is 1.99. The van der Waals surface area contributed by atoms with Crippen molar-refractivity contribution in [2.45, 2.75) is 6.92 Å². The molecule has 13 heavy (non-hydrogen) atoms. The molecule has 0 aliphatic rings. The normalized spacial score (nSPS) is 8.62. The summed E-state index contributed by atoms with van der Waals surface area (Å²) in [5.41, 5.74) is 0. The Morgan fingerprint density at radius 2 is 2.31 bits per heavy atom. The number of hydrogen-bond acceptors (Lipinski definition) is 3. The van der Waals surface area contributed by atoms with Crippen LogP contribution in [0, 0.1) is 6.92 Å². The first-order chi connectivity index (χ1) is 6.24. The number of carbonyl (C=O) groups is 1. The molecular formula is C8H9BrO3Zn. The van der Waals surface area contributed by atoms with Gasteiger partial charge in [-0.2, -0.15) is 6.07 Å². The van der Waals surface area contributed by atoms with Crippen molar-refractivity contribution in [3.63, 3.8) is 0 Å². The zero-order valence-electron chi connectivity index (χ0n) is 7.38. The first kappa shape index (κ1) is 12.7. The minimum absolute atomic E-state index is 0.205. The van der Waals surface area contributed by atoms with Gasteiger partial charge in [0.15, 0.2) is 5.76 Å². The van der Waals surface area contributed by atoms with Gasteiger partial charge in [0.25, 0.3) is 0 Å². The number of hydrogen-bond donors (Lipinski definition) is 0. The molecule has 0 spiro atoms. The zero-order valence-corrected chi connectivity index (χ0v) is 11.9. The molecule has 0 radical (unpaired) electrons. The van der Waals surface area contributed by atoms with Crippen molar-refractivity contribution in [3.8, 4) is 0 Å². The van der Waals surface area contributed by atoms with E-state index in [0.717, 1.165) is 0 Å². The molecule has 0 saturated carbocycles. The van der Waals surface area contributed by atoms with Crippen molar-refractivity contribution >= 4 is 19.6 Å². The Balaban J connectivity index is 0.000000671. The predicted octanol–water partition coefficient (Wildman–Crippen LogP) is 2.48. The van der Waals surface area contributed by atoms with Gasteiger partial charge in [-0.3, -0.25) is 0 Å². The number of halogens is 1. The summed E-state index contributed by atoms with van der Waals surface area (Å²) in [6, 6.07) is 3.16. The Morgan fingerprint density at radius 1 is 1.69 bits per heavy atom. The minimum atomic E-state index is -0.442. The summed E-state index contributed by atoms with van der Waals surface area (Å²) in [6.45, 7) is 5.60. The summed E-state index contributed by atoms with van der Waals surface area (Å²) < 4.78 is 9.59. The third-order valence-corrected chi connectivity index (χ3v) is 1.14. The number of rotatable bonds is 2. The van der Waals surface area contributed by atoms with E-state index in [1.54, 1.807) is 19.1 Å². The van der Waals surface area contributed by atoms with Crippen molar-refractivity contribution in [2.24, 2.45) is 0 Å². The average molecular weight is 298 g/mol. The summed E-state index contributed by atoms with van der Waals surface area (Å²) in [6.07, 6.45) is 0. The maximum absolute atomic E-state index is 10.9.